The second-order valence-corrected chi connectivity index (χ2v) is 18.1. The smallest absolute Gasteiger partial charge is 0.306 e. The lowest BCUT2D eigenvalue weighted by Crippen LogP contribution is -2.55. The Morgan fingerprint density at radius 2 is 0.772 bits per heavy atom. The number of likely N-dealkylation sites (N-methyl/N-ethyl adjacent to an activating group) is 1. The summed E-state index contributed by atoms with van der Waals surface area (Å²) in [6, 6.07) is -0.719. The van der Waals surface area contributed by atoms with E-state index in [1.807, 2.05) is 21.1 Å². The first kappa shape index (κ1) is 55.3. The van der Waals surface area contributed by atoms with Gasteiger partial charge in [-0.3, -0.25) is 9.59 Å². The largest absolute Gasteiger partial charge is 0.544 e. The molecule has 0 amide bonds. The molecule has 8 heteroatoms. The number of unbranched alkanes of at least 4 members (excludes halogenated alkanes) is 31. The van der Waals surface area contributed by atoms with Crippen molar-refractivity contribution in [2.75, 3.05) is 41.0 Å². The molecule has 0 saturated carbocycles. The van der Waals surface area contributed by atoms with Crippen molar-refractivity contribution in [3.8, 4) is 0 Å². The van der Waals surface area contributed by atoms with Crippen LogP contribution < -0.4 is 5.11 Å². The molecule has 0 aromatic rings. The molecule has 0 saturated heterocycles. The number of carbonyl (C=O) groups is 3. The number of carboxylic acid groups (broad SMARTS) is 1. The highest BCUT2D eigenvalue weighted by Gasteiger charge is 2.25. The van der Waals surface area contributed by atoms with Gasteiger partial charge in [-0.2, -0.15) is 0 Å². The third kappa shape index (κ3) is 39.6. The van der Waals surface area contributed by atoms with E-state index < -0.39 is 18.1 Å². The Morgan fingerprint density at radius 1 is 0.456 bits per heavy atom. The van der Waals surface area contributed by atoms with Crippen molar-refractivity contribution in [2.24, 2.45) is 0 Å². The SMILES string of the molecule is CCCCCCCCCCCCCCCCCCCCCCCCCC(=O)OC(COCCC(C(=O)[O-])[N+](C)(C)C)COC(=O)CCCCCCCCCCCC. The number of quaternary nitrogens is 1. The normalized spacial score (nSPS) is 12.8. The molecule has 8 nitrogen and oxygen atoms in total. The van der Waals surface area contributed by atoms with Gasteiger partial charge in [-0.05, 0) is 12.8 Å². The molecule has 338 valence electrons. The van der Waals surface area contributed by atoms with Gasteiger partial charge < -0.3 is 28.6 Å². The molecule has 0 heterocycles. The highest BCUT2D eigenvalue weighted by Crippen LogP contribution is 2.17. The molecule has 0 spiro atoms. The molecule has 0 bridgehead atoms. The third-order valence-corrected chi connectivity index (χ3v) is 11.5. The van der Waals surface area contributed by atoms with Crippen molar-refractivity contribution in [3.05, 3.63) is 0 Å². The van der Waals surface area contributed by atoms with E-state index in [0.717, 1.165) is 38.5 Å². The summed E-state index contributed by atoms with van der Waals surface area (Å²) in [5.41, 5.74) is 0. The van der Waals surface area contributed by atoms with Crippen molar-refractivity contribution < 1.29 is 38.2 Å². The van der Waals surface area contributed by atoms with Crippen molar-refractivity contribution in [2.45, 2.75) is 257 Å². The van der Waals surface area contributed by atoms with Gasteiger partial charge in [0.2, 0.25) is 0 Å². The standard InChI is InChI=1S/C49H95NO7/c1-6-8-10-12-14-16-18-19-20-21-22-23-24-25-26-27-28-29-30-32-34-36-38-40-48(52)57-45(43-55-42-41-46(49(53)54)50(3,4)5)44-56-47(51)39-37-35-33-31-17-15-13-11-9-7-2/h45-46H,6-44H2,1-5H3. The average molecular weight is 810 g/mol. The Labute approximate surface area is 353 Å². The molecule has 0 fully saturated rings. The summed E-state index contributed by atoms with van der Waals surface area (Å²) in [6.07, 6.45) is 42.8. The molecule has 0 N–H and O–H groups in total. The number of aliphatic carboxylic acids is 1. The summed E-state index contributed by atoms with van der Waals surface area (Å²) < 4.78 is 17.2. The number of rotatable bonds is 45. The first-order chi connectivity index (χ1) is 27.6. The van der Waals surface area contributed by atoms with Gasteiger partial charge in [-0.1, -0.05) is 213 Å². The molecule has 2 unspecified atom stereocenters. The first-order valence-corrected chi connectivity index (χ1v) is 24.6. The Morgan fingerprint density at radius 3 is 1.09 bits per heavy atom. The van der Waals surface area contributed by atoms with E-state index >= 15 is 0 Å². The third-order valence-electron chi connectivity index (χ3n) is 11.5. The van der Waals surface area contributed by atoms with Crippen LogP contribution in [0, 0.1) is 0 Å². The molecule has 0 aliphatic carbocycles. The van der Waals surface area contributed by atoms with Crippen LogP contribution in [-0.4, -0.2) is 75.5 Å². The average Bonchev–Trinajstić information content (AvgIpc) is 3.17. The number of hydrogen-bond acceptors (Lipinski definition) is 7. The minimum absolute atomic E-state index is 0.0492. The van der Waals surface area contributed by atoms with Crippen LogP contribution in [0.5, 0.6) is 0 Å². The molecule has 0 aliphatic rings. The zero-order valence-corrected chi connectivity index (χ0v) is 38.5. The lowest BCUT2D eigenvalue weighted by molar-refractivity contribution is -0.889. The summed E-state index contributed by atoms with van der Waals surface area (Å²) in [6.45, 7) is 4.69. The number of esters is 2. The molecule has 0 rings (SSSR count). The second-order valence-electron chi connectivity index (χ2n) is 18.1. The van der Waals surface area contributed by atoms with Gasteiger partial charge in [0.1, 0.15) is 12.6 Å². The van der Waals surface area contributed by atoms with E-state index in [9.17, 15) is 19.5 Å². The number of carbonyl (C=O) groups excluding carboxylic acids is 3. The van der Waals surface area contributed by atoms with Gasteiger partial charge >= 0.3 is 11.9 Å². The number of ether oxygens (including phenoxy) is 3. The van der Waals surface area contributed by atoms with E-state index in [4.69, 9.17) is 14.2 Å². The Hall–Kier alpha value is -1.67. The molecular formula is C49H95NO7. The highest BCUT2D eigenvalue weighted by molar-refractivity contribution is 5.70. The minimum atomic E-state index is -1.12. The lowest BCUT2D eigenvalue weighted by Gasteiger charge is -2.34. The quantitative estimate of drug-likeness (QED) is 0.0343. The predicted octanol–water partition coefficient (Wildman–Crippen LogP) is 12.4. The molecule has 0 aromatic heterocycles. The fourth-order valence-corrected chi connectivity index (χ4v) is 7.66. The van der Waals surface area contributed by atoms with Crippen LogP contribution in [0.4, 0.5) is 0 Å². The van der Waals surface area contributed by atoms with Gasteiger partial charge in [-0.25, -0.2) is 0 Å². The maximum Gasteiger partial charge on any atom is 0.306 e. The maximum atomic E-state index is 12.7. The van der Waals surface area contributed by atoms with Crippen molar-refractivity contribution in [1.29, 1.82) is 0 Å². The fraction of sp³-hybridized carbons (Fsp3) is 0.939. The van der Waals surface area contributed by atoms with E-state index in [-0.39, 0.29) is 42.7 Å². The van der Waals surface area contributed by atoms with Gasteiger partial charge in [0.25, 0.3) is 0 Å². The number of nitrogens with zero attached hydrogens (tertiary/aromatic N) is 1. The zero-order chi connectivity index (χ0) is 42.1. The van der Waals surface area contributed by atoms with Crippen LogP contribution in [0.1, 0.15) is 245 Å². The molecule has 0 aliphatic heterocycles. The van der Waals surface area contributed by atoms with Crippen LogP contribution in [0.3, 0.4) is 0 Å². The Bertz CT molecular complexity index is 905. The van der Waals surface area contributed by atoms with E-state index in [1.54, 1.807) is 0 Å². The van der Waals surface area contributed by atoms with E-state index in [2.05, 4.69) is 13.8 Å². The Balaban J connectivity index is 4.11. The van der Waals surface area contributed by atoms with Crippen LogP contribution in [0.25, 0.3) is 0 Å². The van der Waals surface area contributed by atoms with Gasteiger partial charge in [-0.15, -0.1) is 0 Å². The van der Waals surface area contributed by atoms with Crippen molar-refractivity contribution in [3.63, 3.8) is 0 Å². The van der Waals surface area contributed by atoms with Crippen LogP contribution in [0.15, 0.2) is 0 Å². The molecule has 0 aromatic carbocycles. The topological polar surface area (TPSA) is 102 Å². The van der Waals surface area contributed by atoms with Crippen LogP contribution >= 0.6 is 0 Å². The van der Waals surface area contributed by atoms with Gasteiger partial charge in [0.05, 0.1) is 40.3 Å². The molecule has 0 radical (unpaired) electrons. The van der Waals surface area contributed by atoms with Crippen LogP contribution in [0.2, 0.25) is 0 Å². The van der Waals surface area contributed by atoms with Crippen molar-refractivity contribution >= 4 is 17.9 Å². The summed E-state index contributed by atoms with van der Waals surface area (Å²) >= 11 is 0. The highest BCUT2D eigenvalue weighted by atomic mass is 16.6. The monoisotopic (exact) mass is 810 g/mol. The lowest BCUT2D eigenvalue weighted by atomic mass is 10.0. The predicted molar refractivity (Wildman–Crippen MR) is 236 cm³/mol. The second kappa shape index (κ2) is 41.1. The van der Waals surface area contributed by atoms with Gasteiger partial charge in [0, 0.05) is 19.3 Å². The first-order valence-electron chi connectivity index (χ1n) is 24.6. The number of carboxylic acids is 1. The van der Waals surface area contributed by atoms with Gasteiger partial charge in [0.15, 0.2) is 6.10 Å². The summed E-state index contributed by atoms with van der Waals surface area (Å²) in [4.78, 5) is 36.8. The summed E-state index contributed by atoms with van der Waals surface area (Å²) in [5.74, 6) is -1.71. The zero-order valence-electron chi connectivity index (χ0n) is 38.5. The number of hydrogen-bond donors (Lipinski definition) is 0. The fourth-order valence-electron chi connectivity index (χ4n) is 7.66. The van der Waals surface area contributed by atoms with Crippen molar-refractivity contribution in [1.82, 2.24) is 0 Å². The molecule has 2 atom stereocenters. The summed E-state index contributed by atoms with van der Waals surface area (Å²) in [5, 5.41) is 11.6. The van der Waals surface area contributed by atoms with E-state index in [0.29, 0.717) is 12.8 Å². The Kier molecular flexibility index (Phi) is 39.9. The summed E-state index contributed by atoms with van der Waals surface area (Å²) in [7, 11) is 5.42. The minimum Gasteiger partial charge on any atom is -0.544 e. The maximum absolute atomic E-state index is 12.7. The van der Waals surface area contributed by atoms with E-state index in [1.165, 1.54) is 173 Å². The van der Waals surface area contributed by atoms with Crippen LogP contribution in [-0.2, 0) is 28.6 Å². The molecule has 57 heavy (non-hydrogen) atoms. The molecular weight excluding hydrogens is 715 g/mol.